The van der Waals surface area contributed by atoms with Crippen molar-refractivity contribution in [1.82, 2.24) is 6.52 Å². The molecule has 0 bridgehead atoms. The molecule has 0 aromatic heterocycles. The van der Waals surface area contributed by atoms with E-state index in [1.165, 1.54) is 0 Å². The van der Waals surface area contributed by atoms with Crippen LogP contribution in [0.25, 0.3) is 0 Å². The van der Waals surface area contributed by atoms with Crippen molar-refractivity contribution in [3.8, 4) is 0 Å². The fraction of sp³-hybridized carbons (Fsp3) is 0.500. The fourth-order valence-corrected chi connectivity index (χ4v) is 7.72. The third-order valence-corrected chi connectivity index (χ3v) is 14.8. The van der Waals surface area contributed by atoms with Gasteiger partial charge in [-0.3, -0.25) is 0 Å². The number of hydrogen-bond donors (Lipinski definition) is 2. The van der Waals surface area contributed by atoms with Gasteiger partial charge in [0.25, 0.3) is 0 Å². The van der Waals surface area contributed by atoms with Crippen LogP contribution in [-0.2, 0) is 31.1 Å². The Morgan fingerprint density at radius 1 is 1.08 bits per heavy atom. The summed E-state index contributed by atoms with van der Waals surface area (Å²) in [4.78, 5) is 20.0. The van der Waals surface area contributed by atoms with Crippen LogP contribution in [0.15, 0.2) is 0 Å². The fourth-order valence-electron chi connectivity index (χ4n) is 0.502. The Labute approximate surface area is 93.7 Å². The smallest absolute Gasteiger partial charge is 1.00 e. The molecule has 0 spiro atoms. The number of carbonyl (C=O) groups excluding carboxylic acids is 2. The summed E-state index contributed by atoms with van der Waals surface area (Å²) in [5.74, 6) is -0.809. The molecule has 0 fully saturated rings. The second-order valence-corrected chi connectivity index (χ2v) is 19.8. The van der Waals surface area contributed by atoms with E-state index in [2.05, 4.69) is 19.6 Å². The zero-order chi connectivity index (χ0) is 7.98. The zero-order valence-electron chi connectivity index (χ0n) is 6.80. The van der Waals surface area contributed by atoms with Crippen LogP contribution in [0.4, 0.5) is 0 Å². The molecule has 0 radical (unpaired) electrons. The van der Waals surface area contributed by atoms with Crippen molar-refractivity contribution in [2.45, 2.75) is 13.1 Å². The van der Waals surface area contributed by atoms with Gasteiger partial charge in [0.2, 0.25) is 0 Å². The van der Waals surface area contributed by atoms with Crippen LogP contribution in [0, 0.1) is 0 Å². The monoisotopic (exact) mass is 307 g/mol. The molecule has 2 N–H and O–H groups in total. The Morgan fingerprint density at radius 3 is 1.58 bits per heavy atom. The maximum Gasteiger partial charge on any atom is -1.00 e. The van der Waals surface area contributed by atoms with Gasteiger partial charge in [0.05, 0.1) is 0 Å². The normalized spacial score (nSPS) is 7.25. The topological polar surface area (TPSA) is 58.2 Å². The molecule has 0 aliphatic rings. The van der Waals surface area contributed by atoms with Crippen LogP contribution in [0.2, 0.25) is 13.1 Å². The van der Waals surface area contributed by atoms with E-state index in [4.69, 9.17) is 0 Å². The van der Waals surface area contributed by atoms with Crippen molar-refractivity contribution >= 4 is 18.7 Å². The van der Waals surface area contributed by atoms with Crippen LogP contribution in [-0.4, -0.2) is 18.7 Å². The van der Waals surface area contributed by atoms with Gasteiger partial charge in [-0.2, -0.15) is 0 Å². The molecule has 8 heteroatoms. The van der Waals surface area contributed by atoms with E-state index >= 15 is 0 Å². The minimum absolute atomic E-state index is 0. The van der Waals surface area contributed by atoms with E-state index in [0.717, 1.165) is 0 Å². The van der Waals surface area contributed by atoms with Crippen LogP contribution in [0.3, 0.4) is 0 Å². The first-order chi connectivity index (χ1) is 4.72. The first kappa shape index (κ1) is 18.4. The Morgan fingerprint density at radius 2 is 1.42 bits per heavy atom. The average molecular weight is 309 g/mol. The molecule has 0 heterocycles. The Kier molecular flexibility index (Phi) is 17.8. The summed E-state index contributed by atoms with van der Waals surface area (Å²) in [6.07, 6.45) is 1.39. The largest absolute Gasteiger partial charge is 1.00 e. The molecule has 0 aromatic rings. The van der Waals surface area contributed by atoms with E-state index in [-0.39, 0.29) is 24.8 Å². The average Bonchev–Trinajstić information content (AvgIpc) is 1.87. The quantitative estimate of drug-likeness (QED) is 0.392. The summed E-state index contributed by atoms with van der Waals surface area (Å²) >= 11 is -1.94. The number of rotatable bonds is 5. The molecule has 71 valence electrons. The molecule has 12 heavy (non-hydrogen) atoms. The van der Waals surface area contributed by atoms with Crippen LogP contribution in [0.5, 0.6) is 0 Å². The predicted molar refractivity (Wildman–Crippen MR) is 37.3 cm³/mol. The van der Waals surface area contributed by atoms with E-state index in [1.807, 2.05) is 0 Å². The molecule has 0 saturated carbocycles. The number of hydrogen-bond acceptors (Lipinski definition) is 2. The van der Waals surface area contributed by atoms with Gasteiger partial charge in [-0.25, -0.2) is 0 Å². The van der Waals surface area contributed by atoms with Crippen LogP contribution >= 0.6 is 0 Å². The van der Waals surface area contributed by atoms with Gasteiger partial charge in [-0.15, -0.1) is 0 Å². The standard InChI is InChI=1S/C2H7Si.2CH3NO.2ClH.Zr/c1-3-2;2*2-1-3;;;/h3H,1-2H3;2*1H,(H2,2,3);2*1H;/q;;;;;+4/p-4. The third-order valence-electron chi connectivity index (χ3n) is 1.01. The first-order valence-corrected chi connectivity index (χ1v) is 12.6. The van der Waals surface area contributed by atoms with Crippen LogP contribution in [0.1, 0.15) is 0 Å². The van der Waals surface area contributed by atoms with Crippen molar-refractivity contribution < 1.29 is 55.9 Å². The third kappa shape index (κ3) is 8.71. The summed E-state index contributed by atoms with van der Waals surface area (Å²) in [6.45, 7) is 4.25. The summed E-state index contributed by atoms with van der Waals surface area (Å²) in [5.41, 5.74) is 0. The van der Waals surface area contributed by atoms with Gasteiger partial charge in [0.15, 0.2) is 0 Å². The molecular weight excluding hydrogens is 298 g/mol. The second-order valence-electron chi connectivity index (χ2n) is 2.09. The zero-order valence-corrected chi connectivity index (χ0v) is 11.9. The van der Waals surface area contributed by atoms with Gasteiger partial charge in [-0.05, 0) is 0 Å². The summed E-state index contributed by atoms with van der Waals surface area (Å²) in [7, 11) is 0. The Bertz CT molecular complexity index is 120. The molecule has 0 saturated heterocycles. The van der Waals surface area contributed by atoms with E-state index < -0.39 is 27.4 Å². The summed E-state index contributed by atoms with van der Waals surface area (Å²) in [5, 5.41) is 0. The van der Waals surface area contributed by atoms with E-state index in [9.17, 15) is 9.59 Å². The molecule has 0 aliphatic heterocycles. The number of amides is 2. The molecular formula is C4H11Cl2N2O2SiZr. The first-order valence-electron chi connectivity index (χ1n) is 2.99. The van der Waals surface area contributed by atoms with Crippen molar-refractivity contribution in [3.63, 3.8) is 0 Å². The molecule has 0 rings (SSSR count). The van der Waals surface area contributed by atoms with Crippen molar-refractivity contribution in [2.24, 2.45) is 0 Å². The molecule has 0 unspecified atom stereocenters. The van der Waals surface area contributed by atoms with Gasteiger partial charge >= 0.3 is 69.4 Å². The predicted octanol–water partition coefficient (Wildman–Crippen LogP) is -7.08. The minimum Gasteiger partial charge on any atom is -1.00 e. The van der Waals surface area contributed by atoms with Crippen molar-refractivity contribution in [1.29, 1.82) is 0 Å². The van der Waals surface area contributed by atoms with Gasteiger partial charge in [0.1, 0.15) is 0 Å². The van der Waals surface area contributed by atoms with E-state index in [0.29, 0.717) is 12.8 Å². The van der Waals surface area contributed by atoms with Gasteiger partial charge < -0.3 is 24.8 Å². The molecule has 0 aliphatic carbocycles. The Balaban J connectivity index is -0.000000405. The maximum absolute atomic E-state index is 10.00. The minimum atomic E-state index is -1.94. The Hall–Kier alpha value is 0.620. The number of carbonyl (C=O) groups is 2. The van der Waals surface area contributed by atoms with E-state index in [1.54, 1.807) is 0 Å². The maximum atomic E-state index is 10.00. The van der Waals surface area contributed by atoms with Crippen LogP contribution < -0.4 is 31.3 Å². The van der Waals surface area contributed by atoms with Crippen molar-refractivity contribution in [2.75, 3.05) is 0 Å². The summed E-state index contributed by atoms with van der Waals surface area (Å²) < 4.78 is 5.44. The SMILES string of the molecule is C[SiH](C)[Zr+2]([NH]C=O)[NH]C=O.[Cl-].[Cl-]. The number of nitrogens with one attached hydrogen (secondary N) is 2. The molecule has 0 atom stereocenters. The molecule has 4 nitrogen and oxygen atoms in total. The molecule has 0 aromatic carbocycles. The number of halogens is 2. The molecule has 2 amide bonds. The second kappa shape index (κ2) is 11.6. The summed E-state index contributed by atoms with van der Waals surface area (Å²) in [6, 6.07) is 0. The van der Waals surface area contributed by atoms with Gasteiger partial charge in [0, 0.05) is 0 Å². The van der Waals surface area contributed by atoms with Gasteiger partial charge in [-0.1, -0.05) is 0 Å². The van der Waals surface area contributed by atoms with Crippen molar-refractivity contribution in [3.05, 3.63) is 0 Å².